The lowest BCUT2D eigenvalue weighted by Crippen LogP contribution is -2.22. The Morgan fingerprint density at radius 2 is 1.90 bits per heavy atom. The first-order chi connectivity index (χ1) is 9.84. The van der Waals surface area contributed by atoms with Crippen LogP contribution in [-0.4, -0.2) is 17.6 Å². The second-order valence-corrected chi connectivity index (χ2v) is 6.05. The van der Waals surface area contributed by atoms with E-state index >= 15 is 0 Å². The van der Waals surface area contributed by atoms with Crippen LogP contribution in [0.2, 0.25) is 0 Å². The molecule has 0 saturated carbocycles. The minimum absolute atomic E-state index is 0.126. The van der Waals surface area contributed by atoms with Gasteiger partial charge in [-0.3, -0.25) is 4.79 Å². The lowest BCUT2D eigenvalue weighted by atomic mass is 9.87. The van der Waals surface area contributed by atoms with Gasteiger partial charge in [-0.25, -0.2) is 0 Å². The molecule has 0 aliphatic rings. The van der Waals surface area contributed by atoms with Gasteiger partial charge in [-0.2, -0.15) is 0 Å². The fourth-order valence-corrected chi connectivity index (χ4v) is 1.88. The molecular formula is C16H21N3O2. The molecule has 5 nitrogen and oxygen atoms in total. The summed E-state index contributed by atoms with van der Waals surface area (Å²) in [5, 5.41) is 9.46. The Labute approximate surface area is 124 Å². The van der Waals surface area contributed by atoms with Crippen molar-refractivity contribution in [2.75, 3.05) is 17.2 Å². The monoisotopic (exact) mass is 287 g/mol. The Hall–Kier alpha value is -2.30. The highest BCUT2D eigenvalue weighted by atomic mass is 16.5. The van der Waals surface area contributed by atoms with Gasteiger partial charge in [0.05, 0.1) is 6.54 Å². The summed E-state index contributed by atoms with van der Waals surface area (Å²) in [6.07, 6.45) is 0. The Morgan fingerprint density at radius 3 is 2.43 bits per heavy atom. The molecular weight excluding hydrogens is 266 g/mol. The second-order valence-electron chi connectivity index (χ2n) is 6.05. The van der Waals surface area contributed by atoms with Gasteiger partial charge in [0, 0.05) is 11.8 Å². The van der Waals surface area contributed by atoms with Crippen molar-refractivity contribution in [3.63, 3.8) is 0 Å². The molecule has 2 aromatic rings. The third kappa shape index (κ3) is 4.34. The van der Waals surface area contributed by atoms with E-state index in [-0.39, 0.29) is 17.9 Å². The van der Waals surface area contributed by atoms with Crippen LogP contribution < -0.4 is 10.6 Å². The molecule has 1 aromatic carbocycles. The van der Waals surface area contributed by atoms with Crippen LogP contribution in [0, 0.1) is 6.92 Å². The highest BCUT2D eigenvalue weighted by Gasteiger charge is 2.13. The van der Waals surface area contributed by atoms with E-state index in [1.807, 2.05) is 12.1 Å². The number of carbonyl (C=O) groups is 1. The second kappa shape index (κ2) is 5.99. The van der Waals surface area contributed by atoms with Gasteiger partial charge in [-0.05, 0) is 30.0 Å². The van der Waals surface area contributed by atoms with Crippen LogP contribution in [0.15, 0.2) is 34.9 Å². The smallest absolute Gasteiger partial charge is 0.244 e. The third-order valence-electron chi connectivity index (χ3n) is 3.10. The molecule has 1 amide bonds. The van der Waals surface area contributed by atoms with Crippen molar-refractivity contribution in [1.29, 1.82) is 0 Å². The van der Waals surface area contributed by atoms with Crippen molar-refractivity contribution < 1.29 is 9.32 Å². The molecule has 112 valence electrons. The zero-order chi connectivity index (χ0) is 15.5. The summed E-state index contributed by atoms with van der Waals surface area (Å²) in [5.74, 6) is 0.932. The Balaban J connectivity index is 1.86. The molecule has 0 unspecified atom stereocenters. The molecule has 21 heavy (non-hydrogen) atoms. The van der Waals surface area contributed by atoms with E-state index in [1.54, 1.807) is 13.0 Å². The van der Waals surface area contributed by atoms with Crippen molar-refractivity contribution in [3.05, 3.63) is 41.7 Å². The van der Waals surface area contributed by atoms with E-state index in [0.29, 0.717) is 11.6 Å². The number of benzene rings is 1. The summed E-state index contributed by atoms with van der Waals surface area (Å²) in [7, 11) is 0. The number of nitrogens with zero attached hydrogens (tertiary/aromatic N) is 1. The predicted molar refractivity (Wildman–Crippen MR) is 83.5 cm³/mol. The molecule has 5 heteroatoms. The van der Waals surface area contributed by atoms with Crippen molar-refractivity contribution in [2.45, 2.75) is 33.1 Å². The summed E-state index contributed by atoms with van der Waals surface area (Å²) in [6, 6.07) is 9.78. The van der Waals surface area contributed by atoms with Crippen molar-refractivity contribution in [3.8, 4) is 0 Å². The summed E-state index contributed by atoms with van der Waals surface area (Å²) < 4.78 is 4.89. The number of hydrogen-bond donors (Lipinski definition) is 2. The molecule has 0 aliphatic heterocycles. The Kier molecular flexibility index (Phi) is 4.31. The Morgan fingerprint density at radius 1 is 1.24 bits per heavy atom. The van der Waals surface area contributed by atoms with E-state index in [2.05, 4.69) is 48.7 Å². The topological polar surface area (TPSA) is 67.2 Å². The van der Waals surface area contributed by atoms with Crippen LogP contribution in [0.25, 0.3) is 0 Å². The van der Waals surface area contributed by atoms with Gasteiger partial charge in [0.2, 0.25) is 5.91 Å². The van der Waals surface area contributed by atoms with Gasteiger partial charge in [-0.1, -0.05) is 38.1 Å². The first-order valence-corrected chi connectivity index (χ1v) is 6.92. The van der Waals surface area contributed by atoms with E-state index in [4.69, 9.17) is 4.52 Å². The third-order valence-corrected chi connectivity index (χ3v) is 3.10. The molecule has 0 saturated heterocycles. The number of rotatable bonds is 4. The lowest BCUT2D eigenvalue weighted by Gasteiger charge is -2.19. The minimum atomic E-state index is -0.164. The summed E-state index contributed by atoms with van der Waals surface area (Å²) in [6.45, 7) is 8.47. The molecule has 0 fully saturated rings. The number of amides is 1. The molecule has 2 rings (SSSR count). The summed E-state index contributed by atoms with van der Waals surface area (Å²) in [4.78, 5) is 11.8. The number of carbonyl (C=O) groups excluding carboxylic acids is 1. The van der Waals surface area contributed by atoms with Gasteiger partial charge >= 0.3 is 0 Å². The van der Waals surface area contributed by atoms with Crippen molar-refractivity contribution in [1.82, 2.24) is 5.16 Å². The normalized spacial score (nSPS) is 11.2. The van der Waals surface area contributed by atoms with E-state index in [1.165, 1.54) is 5.56 Å². The molecule has 0 radical (unpaired) electrons. The van der Waals surface area contributed by atoms with E-state index in [0.717, 1.165) is 5.69 Å². The Bertz CT molecular complexity index is 609. The van der Waals surface area contributed by atoms with Crippen LogP contribution >= 0.6 is 0 Å². The van der Waals surface area contributed by atoms with Gasteiger partial charge in [0.25, 0.3) is 0 Å². The maximum atomic E-state index is 11.8. The average Bonchev–Trinajstić information content (AvgIpc) is 2.81. The van der Waals surface area contributed by atoms with Crippen LogP contribution in [0.4, 0.5) is 11.5 Å². The molecule has 0 bridgehead atoms. The number of aromatic nitrogens is 1. The standard InChI is InChI=1S/C16H21N3O2/c1-11-9-14(19-21-11)18-15(20)10-17-13-7-5-12(6-8-13)16(2,3)4/h5-9,17H,10H2,1-4H3,(H,18,19,20). The fraction of sp³-hybridized carbons (Fsp3) is 0.375. The largest absolute Gasteiger partial charge is 0.376 e. The first-order valence-electron chi connectivity index (χ1n) is 6.92. The predicted octanol–water partition coefficient (Wildman–Crippen LogP) is 3.33. The van der Waals surface area contributed by atoms with Gasteiger partial charge < -0.3 is 15.2 Å². The first kappa shape index (κ1) is 15.1. The minimum Gasteiger partial charge on any atom is -0.376 e. The number of anilines is 2. The van der Waals surface area contributed by atoms with Gasteiger partial charge in [0.1, 0.15) is 5.76 Å². The summed E-state index contributed by atoms with van der Waals surface area (Å²) in [5.41, 5.74) is 2.30. The van der Waals surface area contributed by atoms with Crippen molar-refractivity contribution >= 4 is 17.4 Å². The quantitative estimate of drug-likeness (QED) is 0.905. The van der Waals surface area contributed by atoms with Crippen LogP contribution in [0.3, 0.4) is 0 Å². The molecule has 0 aliphatic carbocycles. The maximum absolute atomic E-state index is 11.8. The van der Waals surface area contributed by atoms with E-state index < -0.39 is 0 Å². The number of aryl methyl sites for hydroxylation is 1. The van der Waals surface area contributed by atoms with E-state index in [9.17, 15) is 4.79 Å². The summed E-state index contributed by atoms with van der Waals surface area (Å²) >= 11 is 0. The molecule has 2 N–H and O–H groups in total. The highest BCUT2D eigenvalue weighted by molar-refractivity contribution is 5.92. The molecule has 1 heterocycles. The van der Waals surface area contributed by atoms with Crippen molar-refractivity contribution in [2.24, 2.45) is 0 Å². The SMILES string of the molecule is Cc1cc(NC(=O)CNc2ccc(C(C)(C)C)cc2)no1. The zero-order valence-electron chi connectivity index (χ0n) is 12.9. The van der Waals surface area contributed by atoms with Gasteiger partial charge in [-0.15, -0.1) is 0 Å². The zero-order valence-corrected chi connectivity index (χ0v) is 12.9. The highest BCUT2D eigenvalue weighted by Crippen LogP contribution is 2.23. The lowest BCUT2D eigenvalue weighted by molar-refractivity contribution is -0.114. The van der Waals surface area contributed by atoms with Crippen LogP contribution in [0.5, 0.6) is 0 Å². The molecule has 0 spiro atoms. The van der Waals surface area contributed by atoms with Crippen LogP contribution in [-0.2, 0) is 10.2 Å². The fourth-order valence-electron chi connectivity index (χ4n) is 1.88. The van der Waals surface area contributed by atoms with Crippen LogP contribution in [0.1, 0.15) is 32.1 Å². The average molecular weight is 287 g/mol. The van der Waals surface area contributed by atoms with Gasteiger partial charge in [0.15, 0.2) is 5.82 Å². The molecule has 0 atom stereocenters. The maximum Gasteiger partial charge on any atom is 0.244 e. The molecule has 1 aromatic heterocycles. The number of hydrogen-bond acceptors (Lipinski definition) is 4. The number of nitrogens with one attached hydrogen (secondary N) is 2.